The minimum absolute atomic E-state index is 0.397. The van der Waals surface area contributed by atoms with Gasteiger partial charge in [0.1, 0.15) is 0 Å². The lowest BCUT2D eigenvalue weighted by Crippen LogP contribution is -2.23. The maximum Gasteiger partial charge on any atom is 0.0701 e. The molecule has 0 amide bonds. The van der Waals surface area contributed by atoms with Gasteiger partial charge >= 0.3 is 0 Å². The molecule has 1 nitrogen and oxygen atoms in total. The molecule has 1 N–H and O–H groups in total. The van der Waals surface area contributed by atoms with Crippen LogP contribution in [0.3, 0.4) is 0 Å². The van der Waals surface area contributed by atoms with Gasteiger partial charge in [-0.3, -0.25) is 0 Å². The number of likely N-dealkylation sites (N-methyl/N-ethyl adjacent to an activating group) is 1. The zero-order valence-corrected chi connectivity index (χ0v) is 14.7. The fourth-order valence-electron chi connectivity index (χ4n) is 1.96. The van der Waals surface area contributed by atoms with Gasteiger partial charge in [0.2, 0.25) is 0 Å². The van der Waals surface area contributed by atoms with E-state index < -0.39 is 0 Å². The monoisotopic (exact) mass is 435 g/mol. The van der Waals surface area contributed by atoms with E-state index in [0.717, 1.165) is 13.0 Å². The van der Waals surface area contributed by atoms with E-state index in [1.54, 1.807) is 0 Å². The molecule has 1 unspecified atom stereocenters. The summed E-state index contributed by atoms with van der Waals surface area (Å²) < 4.78 is 2.53. The fraction of sp³-hybridized carbons (Fsp3) is 0.286. The second-order valence-electron chi connectivity index (χ2n) is 4.04. The lowest BCUT2D eigenvalue weighted by atomic mass is 10.0. The maximum atomic E-state index is 3.58. The molecule has 2 aromatic rings. The standard InChI is InChI=1S/C14H15BrINS/c1-2-17-13(9-10-7-8-14(15)18-10)11-5-3-4-6-12(11)16/h3-8,13,17H,2,9H2,1H3. The van der Waals surface area contributed by atoms with Crippen molar-refractivity contribution >= 4 is 49.9 Å². The maximum absolute atomic E-state index is 3.58. The average Bonchev–Trinajstić information content (AvgIpc) is 2.75. The second-order valence-corrected chi connectivity index (χ2v) is 7.75. The van der Waals surface area contributed by atoms with Crippen LogP contribution >= 0.6 is 49.9 Å². The Morgan fingerprint density at radius 3 is 2.67 bits per heavy atom. The summed E-state index contributed by atoms with van der Waals surface area (Å²) >= 11 is 7.76. The molecule has 1 aromatic heterocycles. The Morgan fingerprint density at radius 1 is 1.28 bits per heavy atom. The van der Waals surface area contributed by atoms with Crippen molar-refractivity contribution in [2.24, 2.45) is 0 Å². The summed E-state index contributed by atoms with van der Waals surface area (Å²) in [4.78, 5) is 1.41. The number of halogens is 2. The molecule has 0 saturated carbocycles. The Labute approximate surface area is 134 Å². The van der Waals surface area contributed by atoms with Gasteiger partial charge in [-0.05, 0) is 68.8 Å². The first-order valence-corrected chi connectivity index (χ1v) is 8.61. The minimum Gasteiger partial charge on any atom is -0.310 e. The van der Waals surface area contributed by atoms with E-state index >= 15 is 0 Å². The fourth-order valence-corrected chi connectivity index (χ4v) is 4.25. The first-order chi connectivity index (χ1) is 8.70. The zero-order chi connectivity index (χ0) is 13.0. The van der Waals surface area contributed by atoms with Crippen molar-refractivity contribution in [2.45, 2.75) is 19.4 Å². The van der Waals surface area contributed by atoms with Crippen LogP contribution in [0.2, 0.25) is 0 Å². The average molecular weight is 436 g/mol. The van der Waals surface area contributed by atoms with Crippen molar-refractivity contribution in [1.82, 2.24) is 5.32 Å². The highest BCUT2D eigenvalue weighted by Crippen LogP contribution is 2.28. The van der Waals surface area contributed by atoms with E-state index in [2.05, 4.69) is 87.2 Å². The molecule has 2 rings (SSSR count). The number of rotatable bonds is 5. The van der Waals surface area contributed by atoms with Gasteiger partial charge in [0.25, 0.3) is 0 Å². The molecule has 1 heterocycles. The van der Waals surface area contributed by atoms with E-state index in [1.807, 2.05) is 11.3 Å². The molecule has 0 spiro atoms. The van der Waals surface area contributed by atoms with Crippen LogP contribution in [0.4, 0.5) is 0 Å². The Kier molecular flexibility index (Phi) is 5.66. The van der Waals surface area contributed by atoms with Crippen molar-refractivity contribution in [3.05, 3.63) is 54.2 Å². The van der Waals surface area contributed by atoms with Gasteiger partial charge in [-0.15, -0.1) is 11.3 Å². The summed E-state index contributed by atoms with van der Waals surface area (Å²) in [6.07, 6.45) is 1.05. The summed E-state index contributed by atoms with van der Waals surface area (Å²) in [6, 6.07) is 13.3. The predicted molar refractivity (Wildman–Crippen MR) is 91.3 cm³/mol. The van der Waals surface area contributed by atoms with Gasteiger partial charge in [-0.2, -0.15) is 0 Å². The van der Waals surface area contributed by atoms with Gasteiger partial charge in [0.05, 0.1) is 3.79 Å². The van der Waals surface area contributed by atoms with Gasteiger partial charge < -0.3 is 5.32 Å². The van der Waals surface area contributed by atoms with Gasteiger partial charge in [-0.1, -0.05) is 25.1 Å². The Bertz CT molecular complexity index is 512. The molecule has 4 heteroatoms. The Balaban J connectivity index is 2.20. The minimum atomic E-state index is 0.397. The first-order valence-electron chi connectivity index (χ1n) is 5.92. The van der Waals surface area contributed by atoms with E-state index in [4.69, 9.17) is 0 Å². The van der Waals surface area contributed by atoms with Crippen LogP contribution in [-0.2, 0) is 6.42 Å². The largest absolute Gasteiger partial charge is 0.310 e. The molecule has 96 valence electrons. The smallest absolute Gasteiger partial charge is 0.0701 e. The summed E-state index contributed by atoms with van der Waals surface area (Å²) in [5.74, 6) is 0. The van der Waals surface area contributed by atoms with Crippen molar-refractivity contribution in [3.63, 3.8) is 0 Å². The highest BCUT2D eigenvalue weighted by molar-refractivity contribution is 14.1. The topological polar surface area (TPSA) is 12.0 Å². The van der Waals surface area contributed by atoms with Crippen LogP contribution in [-0.4, -0.2) is 6.54 Å². The number of benzene rings is 1. The van der Waals surface area contributed by atoms with E-state index in [9.17, 15) is 0 Å². The molecular formula is C14H15BrINS. The molecule has 0 fully saturated rings. The highest BCUT2D eigenvalue weighted by Gasteiger charge is 2.14. The van der Waals surface area contributed by atoms with Crippen molar-refractivity contribution < 1.29 is 0 Å². The number of hydrogen-bond donors (Lipinski definition) is 1. The second kappa shape index (κ2) is 7.03. The van der Waals surface area contributed by atoms with Crippen LogP contribution in [0.25, 0.3) is 0 Å². The van der Waals surface area contributed by atoms with E-state index in [-0.39, 0.29) is 0 Å². The number of hydrogen-bond acceptors (Lipinski definition) is 2. The zero-order valence-electron chi connectivity index (χ0n) is 10.1. The Hall–Kier alpha value is 0.0900. The molecule has 0 bridgehead atoms. The highest BCUT2D eigenvalue weighted by atomic mass is 127. The van der Waals surface area contributed by atoms with Gasteiger partial charge in [0.15, 0.2) is 0 Å². The Morgan fingerprint density at radius 2 is 2.06 bits per heavy atom. The van der Waals surface area contributed by atoms with E-state index in [1.165, 1.54) is 17.8 Å². The molecule has 0 radical (unpaired) electrons. The van der Waals surface area contributed by atoms with Crippen LogP contribution in [0.1, 0.15) is 23.4 Å². The number of thiophene rings is 1. The quantitative estimate of drug-likeness (QED) is 0.651. The van der Waals surface area contributed by atoms with Crippen LogP contribution < -0.4 is 5.32 Å². The first kappa shape index (κ1) is 14.5. The lowest BCUT2D eigenvalue weighted by Gasteiger charge is -2.19. The third kappa shape index (κ3) is 3.79. The van der Waals surface area contributed by atoms with Crippen LogP contribution in [0.15, 0.2) is 40.2 Å². The molecule has 0 aliphatic carbocycles. The van der Waals surface area contributed by atoms with Crippen molar-refractivity contribution in [3.8, 4) is 0 Å². The summed E-state index contributed by atoms with van der Waals surface area (Å²) in [6.45, 7) is 3.15. The van der Waals surface area contributed by atoms with Crippen molar-refractivity contribution in [1.29, 1.82) is 0 Å². The van der Waals surface area contributed by atoms with Crippen molar-refractivity contribution in [2.75, 3.05) is 6.54 Å². The molecular weight excluding hydrogens is 421 g/mol. The molecule has 0 saturated heterocycles. The van der Waals surface area contributed by atoms with E-state index in [0.29, 0.717) is 6.04 Å². The lowest BCUT2D eigenvalue weighted by molar-refractivity contribution is 0.551. The number of nitrogens with one attached hydrogen (secondary N) is 1. The van der Waals surface area contributed by atoms with Gasteiger partial charge in [-0.25, -0.2) is 0 Å². The van der Waals surface area contributed by atoms with Crippen LogP contribution in [0.5, 0.6) is 0 Å². The summed E-state index contributed by atoms with van der Waals surface area (Å²) in [5, 5.41) is 3.58. The van der Waals surface area contributed by atoms with Crippen LogP contribution in [0, 0.1) is 3.57 Å². The summed E-state index contributed by atoms with van der Waals surface area (Å²) in [5.41, 5.74) is 1.39. The predicted octanol–water partition coefficient (Wildman–Crippen LogP) is 5.01. The molecule has 0 aliphatic rings. The third-order valence-corrected chi connectivity index (χ3v) is 5.39. The normalized spacial score (nSPS) is 12.6. The third-order valence-electron chi connectivity index (χ3n) is 2.77. The SMILES string of the molecule is CCNC(Cc1ccc(Br)s1)c1ccccc1I. The molecule has 1 aromatic carbocycles. The molecule has 18 heavy (non-hydrogen) atoms. The summed E-state index contributed by atoms with van der Waals surface area (Å²) in [7, 11) is 0. The molecule has 0 aliphatic heterocycles. The van der Waals surface area contributed by atoms with Gasteiger partial charge in [0, 0.05) is 20.9 Å². The molecule has 1 atom stereocenters.